The maximum atomic E-state index is 13.2. The standard InChI is InChI=1S/C24H30ClN3O4S2/c1-17-20(25)12-13-21-23(17)26-24(33-21)28(15-6-14-27(2)3)22(29)7-5-16-34(30,31)19-10-8-18(32-4)9-11-19/h8-13H,5-7,14-16H2,1-4H3. The second-order valence-electron chi connectivity index (χ2n) is 8.32. The number of thiazole rings is 1. The Morgan fingerprint density at radius 2 is 1.79 bits per heavy atom. The van der Waals surface area contributed by atoms with Crippen molar-refractivity contribution in [2.24, 2.45) is 0 Å². The van der Waals surface area contributed by atoms with Crippen molar-refractivity contribution in [3.05, 3.63) is 47.0 Å². The molecule has 0 N–H and O–H groups in total. The topological polar surface area (TPSA) is 79.8 Å². The minimum absolute atomic E-state index is 0.106. The maximum Gasteiger partial charge on any atom is 0.228 e. The molecule has 0 bridgehead atoms. The van der Waals surface area contributed by atoms with Gasteiger partial charge in [0, 0.05) is 18.0 Å². The lowest BCUT2D eigenvalue weighted by Gasteiger charge is -2.21. The lowest BCUT2D eigenvalue weighted by molar-refractivity contribution is -0.118. The van der Waals surface area contributed by atoms with E-state index in [0.29, 0.717) is 22.4 Å². The largest absolute Gasteiger partial charge is 0.497 e. The van der Waals surface area contributed by atoms with Crippen LogP contribution in [0.15, 0.2) is 41.3 Å². The summed E-state index contributed by atoms with van der Waals surface area (Å²) in [6, 6.07) is 10.0. The zero-order valence-electron chi connectivity index (χ0n) is 19.9. The predicted octanol–water partition coefficient (Wildman–Crippen LogP) is 4.81. The number of sulfone groups is 1. The van der Waals surface area contributed by atoms with Crippen LogP contribution in [0.4, 0.5) is 5.13 Å². The highest BCUT2D eigenvalue weighted by atomic mass is 35.5. The van der Waals surface area contributed by atoms with Gasteiger partial charge in [0.25, 0.3) is 0 Å². The van der Waals surface area contributed by atoms with Gasteiger partial charge in [-0.05, 0) is 82.4 Å². The summed E-state index contributed by atoms with van der Waals surface area (Å²) in [6.07, 6.45) is 1.12. The van der Waals surface area contributed by atoms with Crippen LogP contribution in [-0.4, -0.2) is 64.3 Å². The van der Waals surface area contributed by atoms with E-state index in [1.54, 1.807) is 17.0 Å². The first-order valence-corrected chi connectivity index (χ1v) is 13.8. The summed E-state index contributed by atoms with van der Waals surface area (Å²) in [4.78, 5) is 21.9. The Morgan fingerprint density at radius 3 is 2.44 bits per heavy atom. The maximum absolute atomic E-state index is 13.2. The molecule has 34 heavy (non-hydrogen) atoms. The van der Waals surface area contributed by atoms with Gasteiger partial charge < -0.3 is 9.64 Å². The van der Waals surface area contributed by atoms with Crippen LogP contribution in [0.5, 0.6) is 5.75 Å². The number of hydrogen-bond donors (Lipinski definition) is 0. The van der Waals surface area contributed by atoms with Gasteiger partial charge in [-0.3, -0.25) is 9.69 Å². The van der Waals surface area contributed by atoms with Gasteiger partial charge >= 0.3 is 0 Å². The molecule has 0 aliphatic rings. The van der Waals surface area contributed by atoms with E-state index in [1.165, 1.54) is 30.6 Å². The lowest BCUT2D eigenvalue weighted by Crippen LogP contribution is -2.33. The average Bonchev–Trinajstić information content (AvgIpc) is 3.23. The Hall–Kier alpha value is -2.20. The highest BCUT2D eigenvalue weighted by Gasteiger charge is 2.22. The lowest BCUT2D eigenvalue weighted by atomic mass is 10.2. The number of anilines is 1. The van der Waals surface area contributed by atoms with Gasteiger partial charge in [-0.1, -0.05) is 22.9 Å². The number of benzene rings is 2. The molecule has 0 aliphatic carbocycles. The molecule has 1 aromatic heterocycles. The van der Waals surface area contributed by atoms with Crippen LogP contribution in [0.25, 0.3) is 10.2 Å². The Bertz CT molecular complexity index is 1240. The van der Waals surface area contributed by atoms with E-state index in [1.807, 2.05) is 33.2 Å². The molecule has 0 atom stereocenters. The van der Waals surface area contributed by atoms with Crippen molar-refractivity contribution in [2.75, 3.05) is 44.9 Å². The van der Waals surface area contributed by atoms with Crippen molar-refractivity contribution in [3.63, 3.8) is 0 Å². The SMILES string of the molecule is COc1ccc(S(=O)(=O)CCCC(=O)N(CCCN(C)C)c2nc3c(C)c(Cl)ccc3s2)cc1. The summed E-state index contributed by atoms with van der Waals surface area (Å²) in [5.41, 5.74) is 1.67. The molecule has 3 rings (SSSR count). The van der Waals surface area contributed by atoms with Crippen LogP contribution in [-0.2, 0) is 14.6 Å². The zero-order chi connectivity index (χ0) is 24.9. The molecule has 0 fully saturated rings. The van der Waals surface area contributed by atoms with Crippen LogP contribution < -0.4 is 9.64 Å². The second kappa shape index (κ2) is 11.5. The number of methoxy groups -OCH3 is 1. The Morgan fingerprint density at radius 1 is 1.09 bits per heavy atom. The third-order valence-electron chi connectivity index (χ3n) is 5.48. The first-order valence-electron chi connectivity index (χ1n) is 11.0. The van der Waals surface area contributed by atoms with Gasteiger partial charge in [0.1, 0.15) is 5.75 Å². The van der Waals surface area contributed by atoms with Crippen molar-refractivity contribution in [1.29, 1.82) is 0 Å². The van der Waals surface area contributed by atoms with Gasteiger partial charge in [0.05, 0.1) is 28.0 Å². The van der Waals surface area contributed by atoms with Gasteiger partial charge in [0.2, 0.25) is 5.91 Å². The summed E-state index contributed by atoms with van der Waals surface area (Å²) in [5, 5.41) is 1.25. The highest BCUT2D eigenvalue weighted by molar-refractivity contribution is 7.91. The fourth-order valence-corrected chi connectivity index (χ4v) is 6.06. The van der Waals surface area contributed by atoms with Crippen LogP contribution in [0, 0.1) is 6.92 Å². The molecule has 0 spiro atoms. The number of aryl methyl sites for hydroxylation is 1. The summed E-state index contributed by atoms with van der Waals surface area (Å²) in [7, 11) is 2.01. The van der Waals surface area contributed by atoms with Crippen molar-refractivity contribution in [3.8, 4) is 5.75 Å². The number of carbonyl (C=O) groups is 1. The van der Waals surface area contributed by atoms with E-state index in [0.717, 1.165) is 28.7 Å². The number of carbonyl (C=O) groups excluding carboxylic acids is 1. The van der Waals surface area contributed by atoms with Crippen LogP contribution in [0.2, 0.25) is 5.02 Å². The molecule has 10 heteroatoms. The third kappa shape index (κ3) is 6.47. The zero-order valence-corrected chi connectivity index (χ0v) is 22.3. The first kappa shape index (κ1) is 26.4. The van der Waals surface area contributed by atoms with Crippen LogP contribution in [0.3, 0.4) is 0 Å². The van der Waals surface area contributed by atoms with Crippen LogP contribution in [0.1, 0.15) is 24.8 Å². The predicted molar refractivity (Wildman–Crippen MR) is 139 cm³/mol. The monoisotopic (exact) mass is 523 g/mol. The van der Waals surface area contributed by atoms with Crippen molar-refractivity contribution >= 4 is 54.0 Å². The molecular weight excluding hydrogens is 494 g/mol. The van der Waals surface area contributed by atoms with Gasteiger partial charge in [-0.25, -0.2) is 13.4 Å². The highest BCUT2D eigenvalue weighted by Crippen LogP contribution is 2.34. The molecule has 0 saturated carbocycles. The van der Waals surface area contributed by atoms with E-state index < -0.39 is 9.84 Å². The number of nitrogens with zero attached hydrogens (tertiary/aromatic N) is 3. The minimum atomic E-state index is -3.49. The number of halogens is 1. The summed E-state index contributed by atoms with van der Waals surface area (Å²) in [5.74, 6) is 0.354. The molecule has 1 heterocycles. The Kier molecular flexibility index (Phi) is 8.92. The van der Waals surface area contributed by atoms with Gasteiger partial charge in [-0.2, -0.15) is 0 Å². The van der Waals surface area contributed by atoms with Crippen LogP contribution >= 0.6 is 22.9 Å². The van der Waals surface area contributed by atoms with Gasteiger partial charge in [0.15, 0.2) is 15.0 Å². The molecule has 0 radical (unpaired) electrons. The molecule has 184 valence electrons. The minimum Gasteiger partial charge on any atom is -0.497 e. The normalized spacial score (nSPS) is 11.8. The number of amides is 1. The van der Waals surface area contributed by atoms with E-state index in [4.69, 9.17) is 21.3 Å². The average molecular weight is 524 g/mol. The van der Waals surface area contributed by atoms with E-state index in [9.17, 15) is 13.2 Å². The second-order valence-corrected chi connectivity index (χ2v) is 11.8. The molecule has 0 aliphatic heterocycles. The summed E-state index contributed by atoms with van der Waals surface area (Å²) in [6.45, 7) is 3.25. The fraction of sp³-hybridized carbons (Fsp3) is 0.417. The first-order chi connectivity index (χ1) is 16.1. The molecular formula is C24H30ClN3O4S2. The Labute approximate surface area is 210 Å². The molecule has 7 nitrogen and oxygen atoms in total. The fourth-order valence-electron chi connectivity index (χ4n) is 3.53. The quantitative estimate of drug-likeness (QED) is 0.359. The van der Waals surface area contributed by atoms with Crippen molar-refractivity contribution in [2.45, 2.75) is 31.1 Å². The number of ether oxygens (including phenoxy) is 1. The van der Waals surface area contributed by atoms with E-state index in [-0.39, 0.29) is 29.4 Å². The molecule has 0 saturated heterocycles. The summed E-state index contributed by atoms with van der Waals surface area (Å²) < 4.78 is 31.4. The van der Waals surface area contributed by atoms with E-state index >= 15 is 0 Å². The number of rotatable bonds is 11. The van der Waals surface area contributed by atoms with E-state index in [2.05, 4.69) is 4.90 Å². The smallest absolute Gasteiger partial charge is 0.228 e. The number of hydrogen-bond acceptors (Lipinski definition) is 7. The molecule has 0 unspecified atom stereocenters. The Balaban J connectivity index is 1.73. The van der Waals surface area contributed by atoms with Crippen molar-refractivity contribution < 1.29 is 17.9 Å². The molecule has 2 aromatic carbocycles. The third-order valence-corrected chi connectivity index (χ3v) is 8.75. The summed E-state index contributed by atoms with van der Waals surface area (Å²) >= 11 is 7.70. The number of fused-ring (bicyclic) bond motifs is 1. The molecule has 3 aromatic rings. The van der Waals surface area contributed by atoms with Crippen molar-refractivity contribution in [1.82, 2.24) is 9.88 Å². The molecule has 1 amide bonds. The van der Waals surface area contributed by atoms with Gasteiger partial charge in [-0.15, -0.1) is 0 Å². The number of aromatic nitrogens is 1.